The molecular formula is C22H30N2O3. The zero-order valence-electron chi connectivity index (χ0n) is 16.5. The number of carbonyl (C=O) groups is 1. The Morgan fingerprint density at radius 1 is 1.07 bits per heavy atom. The zero-order chi connectivity index (χ0) is 19.9. The van der Waals surface area contributed by atoms with Crippen LogP contribution in [0.4, 0.5) is 0 Å². The van der Waals surface area contributed by atoms with Crippen LogP contribution in [0.25, 0.3) is 0 Å². The topological polar surface area (TPSA) is 70.6 Å². The summed E-state index contributed by atoms with van der Waals surface area (Å²) in [6, 6.07) is 17.1. The van der Waals surface area contributed by atoms with Crippen molar-refractivity contribution in [2.24, 2.45) is 0 Å². The molecule has 5 nitrogen and oxygen atoms in total. The van der Waals surface area contributed by atoms with Crippen LogP contribution < -0.4 is 15.4 Å². The van der Waals surface area contributed by atoms with Gasteiger partial charge >= 0.3 is 0 Å². The first kappa shape index (κ1) is 20.9. The summed E-state index contributed by atoms with van der Waals surface area (Å²) in [7, 11) is 0. The van der Waals surface area contributed by atoms with E-state index in [4.69, 9.17) is 4.74 Å². The predicted octanol–water partition coefficient (Wildman–Crippen LogP) is 3.19. The van der Waals surface area contributed by atoms with Gasteiger partial charge in [0.05, 0.1) is 6.10 Å². The first-order valence-corrected chi connectivity index (χ1v) is 9.24. The van der Waals surface area contributed by atoms with Crippen molar-refractivity contribution in [1.82, 2.24) is 10.6 Å². The van der Waals surface area contributed by atoms with E-state index in [2.05, 4.69) is 10.6 Å². The van der Waals surface area contributed by atoms with Gasteiger partial charge in [-0.05, 0) is 51.0 Å². The van der Waals surface area contributed by atoms with Crippen LogP contribution in [-0.2, 0) is 11.3 Å². The highest BCUT2D eigenvalue weighted by atomic mass is 16.5. The van der Waals surface area contributed by atoms with E-state index in [-0.39, 0.29) is 24.1 Å². The Morgan fingerprint density at radius 3 is 2.30 bits per heavy atom. The summed E-state index contributed by atoms with van der Waals surface area (Å²) in [4.78, 5) is 11.8. The van der Waals surface area contributed by atoms with Crippen molar-refractivity contribution in [2.75, 3.05) is 6.61 Å². The van der Waals surface area contributed by atoms with Crippen LogP contribution in [0.1, 0.15) is 44.9 Å². The van der Waals surface area contributed by atoms with Gasteiger partial charge in [0.15, 0.2) is 6.61 Å². The number of aliphatic hydroxyl groups excluding tert-OH is 1. The van der Waals surface area contributed by atoms with E-state index >= 15 is 0 Å². The second kappa shape index (κ2) is 9.53. The van der Waals surface area contributed by atoms with Crippen LogP contribution in [0.15, 0.2) is 54.6 Å². The fourth-order valence-corrected chi connectivity index (χ4v) is 2.64. The van der Waals surface area contributed by atoms with Gasteiger partial charge in [0.1, 0.15) is 5.75 Å². The molecule has 2 aromatic rings. The lowest BCUT2D eigenvalue weighted by molar-refractivity contribution is -0.124. The molecule has 0 aliphatic heterocycles. The molecule has 0 aliphatic rings. The van der Waals surface area contributed by atoms with Gasteiger partial charge in [-0.2, -0.15) is 0 Å². The molecule has 0 saturated heterocycles. The summed E-state index contributed by atoms with van der Waals surface area (Å²) in [6.45, 7) is 8.39. The lowest BCUT2D eigenvalue weighted by atomic mass is 10.0. The van der Waals surface area contributed by atoms with Gasteiger partial charge < -0.3 is 20.5 Å². The summed E-state index contributed by atoms with van der Waals surface area (Å²) >= 11 is 0. The van der Waals surface area contributed by atoms with Gasteiger partial charge in [0.25, 0.3) is 5.91 Å². The molecule has 1 amide bonds. The van der Waals surface area contributed by atoms with Crippen LogP contribution in [0.3, 0.4) is 0 Å². The van der Waals surface area contributed by atoms with Crippen LogP contribution in [0.5, 0.6) is 5.75 Å². The van der Waals surface area contributed by atoms with Crippen molar-refractivity contribution in [1.29, 1.82) is 0 Å². The van der Waals surface area contributed by atoms with Crippen LogP contribution in [0, 0.1) is 0 Å². The lowest BCUT2D eigenvalue weighted by Gasteiger charge is -2.21. The highest BCUT2D eigenvalue weighted by Crippen LogP contribution is 2.17. The fraction of sp³-hybridized carbons (Fsp3) is 0.409. The molecule has 3 N–H and O–H groups in total. The molecule has 0 heterocycles. The molecule has 27 heavy (non-hydrogen) atoms. The van der Waals surface area contributed by atoms with Crippen molar-refractivity contribution in [3.63, 3.8) is 0 Å². The molecule has 0 radical (unpaired) electrons. The highest BCUT2D eigenvalue weighted by molar-refractivity contribution is 5.78. The van der Waals surface area contributed by atoms with E-state index in [1.165, 1.54) is 0 Å². The number of hydrogen-bond donors (Lipinski definition) is 3. The average Bonchev–Trinajstić information content (AvgIpc) is 2.64. The summed E-state index contributed by atoms with van der Waals surface area (Å²) in [5.41, 5.74) is 1.71. The molecule has 0 fully saturated rings. The van der Waals surface area contributed by atoms with Crippen molar-refractivity contribution in [2.45, 2.75) is 51.9 Å². The number of hydrogen-bond acceptors (Lipinski definition) is 4. The highest BCUT2D eigenvalue weighted by Gasteiger charge is 2.16. The minimum absolute atomic E-state index is 0.00479. The molecule has 146 valence electrons. The average molecular weight is 370 g/mol. The number of rotatable bonds is 8. The Kier molecular flexibility index (Phi) is 7.39. The summed E-state index contributed by atoms with van der Waals surface area (Å²) in [5, 5.41) is 16.6. The SMILES string of the molecule is C[C@@H](NCc1ccc(OCC(=O)NC(C)(C)C)cc1)[C@@H](O)c1ccccc1. The Hall–Kier alpha value is -2.37. The van der Waals surface area contributed by atoms with Crippen LogP contribution in [0.2, 0.25) is 0 Å². The van der Waals surface area contributed by atoms with E-state index in [1.807, 2.05) is 82.3 Å². The minimum atomic E-state index is -0.560. The number of benzene rings is 2. The van der Waals surface area contributed by atoms with E-state index in [9.17, 15) is 9.90 Å². The molecule has 0 aliphatic carbocycles. The molecule has 0 spiro atoms. The van der Waals surface area contributed by atoms with Crippen molar-refractivity contribution in [3.05, 3.63) is 65.7 Å². The number of ether oxygens (including phenoxy) is 1. The van der Waals surface area contributed by atoms with E-state index in [0.29, 0.717) is 12.3 Å². The molecule has 2 rings (SSSR count). The Bertz CT molecular complexity index is 709. The smallest absolute Gasteiger partial charge is 0.258 e. The van der Waals surface area contributed by atoms with E-state index in [0.717, 1.165) is 11.1 Å². The van der Waals surface area contributed by atoms with Gasteiger partial charge in [-0.1, -0.05) is 42.5 Å². The van der Waals surface area contributed by atoms with Gasteiger partial charge in [0.2, 0.25) is 0 Å². The fourth-order valence-electron chi connectivity index (χ4n) is 2.64. The maximum Gasteiger partial charge on any atom is 0.258 e. The first-order valence-electron chi connectivity index (χ1n) is 9.24. The third-order valence-corrected chi connectivity index (χ3v) is 4.05. The largest absolute Gasteiger partial charge is 0.484 e. The quantitative estimate of drug-likeness (QED) is 0.667. The molecule has 2 atom stereocenters. The third-order valence-electron chi connectivity index (χ3n) is 4.05. The number of amides is 1. The normalized spacial score (nSPS) is 13.7. The second-order valence-corrected chi connectivity index (χ2v) is 7.76. The second-order valence-electron chi connectivity index (χ2n) is 7.76. The Labute approximate surface area is 161 Å². The number of carbonyl (C=O) groups excluding carboxylic acids is 1. The maximum absolute atomic E-state index is 11.8. The van der Waals surface area contributed by atoms with Crippen molar-refractivity contribution in [3.8, 4) is 5.75 Å². The molecule has 0 saturated carbocycles. The minimum Gasteiger partial charge on any atom is -0.484 e. The van der Waals surface area contributed by atoms with Crippen molar-refractivity contribution < 1.29 is 14.6 Å². The van der Waals surface area contributed by atoms with Gasteiger partial charge in [-0.25, -0.2) is 0 Å². The maximum atomic E-state index is 11.8. The summed E-state index contributed by atoms with van der Waals surface area (Å²) in [6.07, 6.45) is -0.560. The summed E-state index contributed by atoms with van der Waals surface area (Å²) < 4.78 is 5.52. The Morgan fingerprint density at radius 2 is 1.70 bits per heavy atom. The molecule has 2 aromatic carbocycles. The summed E-state index contributed by atoms with van der Waals surface area (Å²) in [5.74, 6) is 0.511. The van der Waals surface area contributed by atoms with Gasteiger partial charge in [0, 0.05) is 18.1 Å². The molecule has 5 heteroatoms. The van der Waals surface area contributed by atoms with E-state index < -0.39 is 6.10 Å². The lowest BCUT2D eigenvalue weighted by Crippen LogP contribution is -2.43. The zero-order valence-corrected chi connectivity index (χ0v) is 16.5. The van der Waals surface area contributed by atoms with Gasteiger partial charge in [-0.15, -0.1) is 0 Å². The van der Waals surface area contributed by atoms with E-state index in [1.54, 1.807) is 0 Å². The monoisotopic (exact) mass is 370 g/mol. The van der Waals surface area contributed by atoms with Gasteiger partial charge in [-0.3, -0.25) is 4.79 Å². The Balaban J connectivity index is 1.79. The van der Waals surface area contributed by atoms with Crippen molar-refractivity contribution >= 4 is 5.91 Å². The third kappa shape index (κ3) is 7.41. The predicted molar refractivity (Wildman–Crippen MR) is 108 cm³/mol. The van der Waals surface area contributed by atoms with Crippen LogP contribution in [-0.4, -0.2) is 29.2 Å². The molecular weight excluding hydrogens is 340 g/mol. The standard InChI is InChI=1S/C22H30N2O3/c1-16(21(26)18-8-6-5-7-9-18)23-14-17-10-12-19(13-11-17)27-15-20(25)24-22(2,3)4/h5-13,16,21,23,26H,14-15H2,1-4H3,(H,24,25)/t16-,21-/m1/s1. The number of aliphatic hydroxyl groups is 1. The molecule has 0 bridgehead atoms. The molecule has 0 unspecified atom stereocenters. The first-order chi connectivity index (χ1) is 12.7. The van der Waals surface area contributed by atoms with Crippen LogP contribution >= 0.6 is 0 Å². The number of nitrogens with one attached hydrogen (secondary N) is 2. The molecule has 0 aromatic heterocycles.